The van der Waals surface area contributed by atoms with Crippen molar-refractivity contribution >= 4 is 22.5 Å². The highest BCUT2D eigenvalue weighted by Crippen LogP contribution is 2.40. The number of ether oxygens (including phenoxy) is 1. The fraction of sp³-hybridized carbons (Fsp3) is 0.188. The molecule has 0 radical (unpaired) electrons. The molecule has 120 valence electrons. The van der Waals surface area contributed by atoms with E-state index in [0.29, 0.717) is 17.1 Å². The smallest absolute Gasteiger partial charge is 0.259 e. The van der Waals surface area contributed by atoms with Gasteiger partial charge in [-0.3, -0.25) is 14.3 Å². The van der Waals surface area contributed by atoms with Gasteiger partial charge in [0.25, 0.3) is 11.3 Å². The van der Waals surface area contributed by atoms with Crippen LogP contribution in [-0.2, 0) is 11.3 Å². The minimum Gasteiger partial charge on any atom is -0.483 e. The number of aromatic nitrogens is 1. The minimum atomic E-state index is -2.16. The monoisotopic (exact) mass is 334 g/mol. The first-order valence-corrected chi connectivity index (χ1v) is 8.00. The highest BCUT2D eigenvalue weighted by Gasteiger charge is 2.28. The Morgan fingerprint density at radius 2 is 2.09 bits per heavy atom. The summed E-state index contributed by atoms with van der Waals surface area (Å²) in [5, 5.41) is 0. The molecule has 1 atom stereocenters. The van der Waals surface area contributed by atoms with E-state index in [0.717, 1.165) is 11.1 Å². The predicted octanol–water partition coefficient (Wildman–Crippen LogP) is 3.37. The number of pyridine rings is 1. The van der Waals surface area contributed by atoms with E-state index in [-0.39, 0.29) is 0 Å². The third kappa shape index (κ3) is 3.40. The quantitative estimate of drug-likeness (QED) is 0.844. The molecule has 5 nitrogen and oxygen atoms in total. The number of fused-ring (bicyclic) bond motifs is 1. The summed E-state index contributed by atoms with van der Waals surface area (Å²) in [7, 11) is 0. The zero-order valence-electron chi connectivity index (χ0n) is 12.5. The van der Waals surface area contributed by atoms with Crippen molar-refractivity contribution in [2.75, 3.05) is 4.72 Å². The maximum Gasteiger partial charge on any atom is 0.259 e. The van der Waals surface area contributed by atoms with Crippen LogP contribution in [-0.4, -0.2) is 19.3 Å². The number of nitrogens with one attached hydrogen (secondary N) is 1. The van der Waals surface area contributed by atoms with Crippen LogP contribution in [0, 0.1) is 5.82 Å². The normalized spacial score (nSPS) is 16.8. The van der Waals surface area contributed by atoms with E-state index in [4.69, 9.17) is 9.29 Å². The van der Waals surface area contributed by atoms with Crippen LogP contribution in [0.1, 0.15) is 25.1 Å². The van der Waals surface area contributed by atoms with Gasteiger partial charge in [0, 0.05) is 17.2 Å². The lowest BCUT2D eigenvalue weighted by Crippen LogP contribution is -2.29. The summed E-state index contributed by atoms with van der Waals surface area (Å²) < 4.78 is 41.3. The van der Waals surface area contributed by atoms with Crippen molar-refractivity contribution < 1.29 is 17.9 Å². The first-order valence-electron chi connectivity index (χ1n) is 6.90. The summed E-state index contributed by atoms with van der Waals surface area (Å²) in [6, 6.07) is 8.07. The summed E-state index contributed by atoms with van der Waals surface area (Å²) in [6.07, 6.45) is 3.09. The molecule has 1 aromatic heterocycles. The molecule has 0 fully saturated rings. The van der Waals surface area contributed by atoms with E-state index in [1.54, 1.807) is 24.3 Å². The Hall–Kier alpha value is -2.25. The molecule has 7 heteroatoms. The molecule has 0 amide bonds. The summed E-state index contributed by atoms with van der Waals surface area (Å²) in [5.41, 5.74) is 2.13. The lowest BCUT2D eigenvalue weighted by Gasteiger charge is -2.31. The first kappa shape index (κ1) is 15.6. The van der Waals surface area contributed by atoms with E-state index in [1.807, 2.05) is 19.9 Å². The number of anilines is 1. The Bertz CT molecular complexity index is 803. The zero-order valence-corrected chi connectivity index (χ0v) is 13.4. The van der Waals surface area contributed by atoms with Crippen LogP contribution in [0.15, 0.2) is 42.6 Å². The van der Waals surface area contributed by atoms with Gasteiger partial charge in [-0.15, -0.1) is 0 Å². The molecule has 0 saturated carbocycles. The molecule has 0 bridgehead atoms. The fourth-order valence-electron chi connectivity index (χ4n) is 2.48. The van der Waals surface area contributed by atoms with Gasteiger partial charge in [0.1, 0.15) is 17.2 Å². The van der Waals surface area contributed by atoms with Crippen LogP contribution in [0.25, 0.3) is 5.57 Å². The number of rotatable bonds is 3. The average Bonchev–Trinajstić information content (AvgIpc) is 2.45. The Balaban J connectivity index is 2.09. The van der Waals surface area contributed by atoms with Crippen LogP contribution < -0.4 is 9.46 Å². The van der Waals surface area contributed by atoms with Crippen LogP contribution in [0.2, 0.25) is 0 Å². The van der Waals surface area contributed by atoms with E-state index >= 15 is 0 Å². The second kappa shape index (κ2) is 5.75. The third-order valence-electron chi connectivity index (χ3n) is 3.35. The molecule has 1 aromatic carbocycles. The summed E-state index contributed by atoms with van der Waals surface area (Å²) >= 11 is -2.16. The van der Waals surface area contributed by atoms with Crippen LogP contribution in [0.3, 0.4) is 0 Å². The van der Waals surface area contributed by atoms with Gasteiger partial charge in [0.15, 0.2) is 0 Å². The Morgan fingerprint density at radius 3 is 2.74 bits per heavy atom. The Morgan fingerprint density at radius 1 is 1.30 bits per heavy atom. The molecule has 0 spiro atoms. The lowest BCUT2D eigenvalue weighted by molar-refractivity contribution is 0.158. The maximum atomic E-state index is 13.1. The first-order chi connectivity index (χ1) is 10.8. The van der Waals surface area contributed by atoms with Crippen molar-refractivity contribution in [1.29, 1.82) is 0 Å². The van der Waals surface area contributed by atoms with Gasteiger partial charge in [-0.1, -0.05) is 0 Å². The van der Waals surface area contributed by atoms with Crippen LogP contribution in [0.4, 0.5) is 10.1 Å². The molecule has 23 heavy (non-hydrogen) atoms. The average molecular weight is 334 g/mol. The topological polar surface area (TPSA) is 71.5 Å². The molecule has 2 heterocycles. The summed E-state index contributed by atoms with van der Waals surface area (Å²) in [5.74, 6) is 0.167. The standard InChI is InChI=1S/C16H15FN2O3S/c1-16(2)8-13(14-6-3-10(17)9-18-14)12-5-4-11(19-23(20)21)7-15(12)22-16/h3-9,19H,1-2H3,(H,20,21). The number of benzene rings is 1. The number of nitrogens with zero attached hydrogens (tertiary/aromatic N) is 1. The zero-order chi connectivity index (χ0) is 16.6. The summed E-state index contributed by atoms with van der Waals surface area (Å²) in [4.78, 5) is 4.13. The van der Waals surface area contributed by atoms with Crippen LogP contribution in [0.5, 0.6) is 5.75 Å². The van der Waals surface area contributed by atoms with E-state index < -0.39 is 22.7 Å². The minimum absolute atomic E-state index is 0.397. The van der Waals surface area contributed by atoms with E-state index in [2.05, 4.69) is 9.71 Å². The number of hydrogen-bond donors (Lipinski definition) is 2. The predicted molar refractivity (Wildman–Crippen MR) is 86.8 cm³/mol. The van der Waals surface area contributed by atoms with Crippen molar-refractivity contribution in [3.8, 4) is 5.75 Å². The van der Waals surface area contributed by atoms with Gasteiger partial charge in [-0.25, -0.2) is 8.60 Å². The van der Waals surface area contributed by atoms with E-state index in [1.165, 1.54) is 12.3 Å². The van der Waals surface area contributed by atoms with Gasteiger partial charge < -0.3 is 4.74 Å². The Labute approximate surface area is 135 Å². The molecule has 2 aromatic rings. The van der Waals surface area contributed by atoms with Crippen molar-refractivity contribution in [2.45, 2.75) is 19.4 Å². The molecule has 0 saturated heterocycles. The van der Waals surface area contributed by atoms with Gasteiger partial charge >= 0.3 is 0 Å². The number of hydrogen-bond acceptors (Lipinski definition) is 3. The van der Waals surface area contributed by atoms with Gasteiger partial charge in [-0.05, 0) is 44.2 Å². The molecule has 1 aliphatic heterocycles. The molecule has 2 N–H and O–H groups in total. The SMILES string of the molecule is CC1(C)C=C(c2ccc(F)cn2)c2ccc(NS(=O)O)cc2O1. The van der Waals surface area contributed by atoms with Crippen molar-refractivity contribution in [3.05, 3.63) is 59.7 Å². The van der Waals surface area contributed by atoms with Gasteiger partial charge in [-0.2, -0.15) is 0 Å². The van der Waals surface area contributed by atoms with Gasteiger partial charge in [0.2, 0.25) is 0 Å². The Kier molecular flexibility index (Phi) is 3.91. The summed E-state index contributed by atoms with van der Waals surface area (Å²) in [6.45, 7) is 3.79. The molecule has 0 aliphatic carbocycles. The number of halogens is 1. The van der Waals surface area contributed by atoms with Crippen molar-refractivity contribution in [2.24, 2.45) is 0 Å². The van der Waals surface area contributed by atoms with Crippen molar-refractivity contribution in [3.63, 3.8) is 0 Å². The second-order valence-electron chi connectivity index (χ2n) is 5.69. The third-order valence-corrected chi connectivity index (χ3v) is 3.76. The fourth-order valence-corrected chi connectivity index (χ4v) is 2.81. The molecule has 1 aliphatic rings. The second-order valence-corrected chi connectivity index (χ2v) is 6.39. The highest BCUT2D eigenvalue weighted by molar-refractivity contribution is 7.80. The van der Waals surface area contributed by atoms with Crippen molar-refractivity contribution in [1.82, 2.24) is 4.98 Å². The largest absolute Gasteiger partial charge is 0.483 e. The maximum absolute atomic E-state index is 13.1. The van der Waals surface area contributed by atoms with Crippen LogP contribution >= 0.6 is 0 Å². The lowest BCUT2D eigenvalue weighted by atomic mass is 9.92. The van der Waals surface area contributed by atoms with Gasteiger partial charge in [0.05, 0.1) is 17.6 Å². The molecular weight excluding hydrogens is 319 g/mol. The molecule has 1 unspecified atom stereocenters. The highest BCUT2D eigenvalue weighted by atomic mass is 32.2. The van der Waals surface area contributed by atoms with E-state index in [9.17, 15) is 8.60 Å². The molecular formula is C16H15FN2O3S. The molecule has 3 rings (SSSR count).